The summed E-state index contributed by atoms with van der Waals surface area (Å²) in [6.45, 7) is 3.78. The molecule has 0 bridgehead atoms. The van der Waals surface area contributed by atoms with Crippen molar-refractivity contribution in [3.05, 3.63) is 42.2 Å². The second-order valence-corrected chi connectivity index (χ2v) is 2.81. The number of allylic oxidation sites excluding steroid dienone is 1. The van der Waals surface area contributed by atoms with Crippen molar-refractivity contribution in [1.29, 1.82) is 0 Å². The minimum atomic E-state index is -0.114. The van der Waals surface area contributed by atoms with Crippen LogP contribution in [0.25, 0.3) is 0 Å². The fourth-order valence-corrected chi connectivity index (χ4v) is 1.10. The first-order valence-corrected chi connectivity index (χ1v) is 4.30. The van der Waals surface area contributed by atoms with Gasteiger partial charge in [-0.2, -0.15) is 0 Å². The quantitative estimate of drug-likeness (QED) is 0.721. The molecule has 2 nitrogen and oxygen atoms in total. The zero-order chi connectivity index (χ0) is 9.68. The molecule has 0 spiro atoms. The molecule has 0 radical (unpaired) electrons. The molecule has 0 saturated carbocycles. The van der Waals surface area contributed by atoms with Crippen LogP contribution in [0, 0.1) is 0 Å². The molecule has 1 aromatic carbocycles. The predicted molar refractivity (Wildman–Crippen MR) is 52.4 cm³/mol. The second-order valence-electron chi connectivity index (χ2n) is 2.81. The molecule has 0 aliphatic carbocycles. The highest BCUT2D eigenvalue weighted by atomic mass is 16.5. The Hall–Kier alpha value is -1.44. The monoisotopic (exact) mass is 178 g/mol. The molecule has 0 saturated heterocycles. The highest BCUT2D eigenvalue weighted by molar-refractivity contribution is 5.33. The molecule has 2 heteroatoms. The fraction of sp³-hybridized carbons (Fsp3) is 0.273. The van der Waals surface area contributed by atoms with E-state index in [0.29, 0.717) is 0 Å². The van der Waals surface area contributed by atoms with Crippen LogP contribution in [0.15, 0.2) is 36.6 Å². The van der Waals surface area contributed by atoms with Gasteiger partial charge in [-0.05, 0) is 19.9 Å². The Balaban J connectivity index is 2.76. The van der Waals surface area contributed by atoms with Crippen LogP contribution in [0.3, 0.4) is 0 Å². The number of hydrogen-bond acceptors (Lipinski definition) is 2. The maximum atomic E-state index is 9.48. The van der Waals surface area contributed by atoms with E-state index in [1.54, 1.807) is 18.4 Å². The molecular formula is C11H14O2. The lowest BCUT2D eigenvalue weighted by atomic mass is 10.1. The smallest absolute Gasteiger partial charge is 0.124 e. The average molecular weight is 178 g/mol. The summed E-state index contributed by atoms with van der Waals surface area (Å²) >= 11 is 0. The first kappa shape index (κ1) is 9.65. The first-order chi connectivity index (χ1) is 6.25. The summed E-state index contributed by atoms with van der Waals surface area (Å²) in [7, 11) is 0. The van der Waals surface area contributed by atoms with E-state index >= 15 is 0 Å². The molecule has 13 heavy (non-hydrogen) atoms. The van der Waals surface area contributed by atoms with Crippen molar-refractivity contribution in [3.8, 4) is 5.75 Å². The number of hydrogen-bond donors (Lipinski definition) is 1. The van der Waals surface area contributed by atoms with Gasteiger partial charge < -0.3 is 9.84 Å². The number of phenols is 1. The van der Waals surface area contributed by atoms with Crippen LogP contribution in [-0.4, -0.2) is 5.11 Å². The minimum absolute atomic E-state index is 0.114. The van der Waals surface area contributed by atoms with E-state index in [-0.39, 0.29) is 11.9 Å². The van der Waals surface area contributed by atoms with Crippen LogP contribution < -0.4 is 0 Å². The van der Waals surface area contributed by atoms with Crippen molar-refractivity contribution in [2.75, 3.05) is 0 Å². The van der Waals surface area contributed by atoms with Crippen LogP contribution in [-0.2, 0) is 4.74 Å². The van der Waals surface area contributed by atoms with E-state index in [1.165, 1.54) is 0 Å². The van der Waals surface area contributed by atoms with Gasteiger partial charge in [0.2, 0.25) is 0 Å². The molecule has 0 amide bonds. The van der Waals surface area contributed by atoms with Gasteiger partial charge in [0.25, 0.3) is 0 Å². The number of ether oxygens (including phenoxy) is 1. The molecule has 70 valence electrons. The van der Waals surface area contributed by atoms with Crippen LogP contribution in [0.1, 0.15) is 25.5 Å². The molecule has 0 aliphatic heterocycles. The fourth-order valence-electron chi connectivity index (χ4n) is 1.10. The molecule has 1 aromatic rings. The van der Waals surface area contributed by atoms with Gasteiger partial charge >= 0.3 is 0 Å². The third-order valence-corrected chi connectivity index (χ3v) is 1.79. The Kier molecular flexibility index (Phi) is 3.38. The van der Waals surface area contributed by atoms with Gasteiger partial charge in [-0.3, -0.25) is 0 Å². The topological polar surface area (TPSA) is 29.5 Å². The SMILES string of the molecule is C/C=C/OC(C)c1ccccc1O. The summed E-state index contributed by atoms with van der Waals surface area (Å²) in [6, 6.07) is 7.18. The van der Waals surface area contributed by atoms with Gasteiger partial charge in [-0.1, -0.05) is 24.3 Å². The normalized spacial score (nSPS) is 13.1. The summed E-state index contributed by atoms with van der Waals surface area (Å²) in [4.78, 5) is 0. The number of phenolic OH excluding ortho intramolecular Hbond substituents is 1. The summed E-state index contributed by atoms with van der Waals surface area (Å²) in [5.41, 5.74) is 0.806. The number of aromatic hydroxyl groups is 1. The van der Waals surface area contributed by atoms with E-state index in [1.807, 2.05) is 32.1 Å². The van der Waals surface area contributed by atoms with Crippen molar-refractivity contribution < 1.29 is 9.84 Å². The number of benzene rings is 1. The first-order valence-electron chi connectivity index (χ1n) is 4.30. The van der Waals surface area contributed by atoms with E-state index in [4.69, 9.17) is 4.74 Å². The largest absolute Gasteiger partial charge is 0.508 e. The number of rotatable bonds is 3. The predicted octanol–water partition coefficient (Wildman–Crippen LogP) is 3.00. The van der Waals surface area contributed by atoms with Crippen LogP contribution in [0.4, 0.5) is 0 Å². The Bertz CT molecular complexity index is 292. The van der Waals surface area contributed by atoms with Gasteiger partial charge in [0.1, 0.15) is 11.9 Å². The van der Waals surface area contributed by atoms with Gasteiger partial charge in [0.05, 0.1) is 6.26 Å². The molecule has 0 aromatic heterocycles. The highest BCUT2D eigenvalue weighted by Gasteiger charge is 2.08. The van der Waals surface area contributed by atoms with Gasteiger partial charge in [-0.15, -0.1) is 0 Å². The third kappa shape index (κ3) is 2.51. The van der Waals surface area contributed by atoms with Gasteiger partial charge in [-0.25, -0.2) is 0 Å². The van der Waals surface area contributed by atoms with Crippen molar-refractivity contribution in [2.45, 2.75) is 20.0 Å². The molecule has 0 aliphatic rings. The molecule has 0 fully saturated rings. The third-order valence-electron chi connectivity index (χ3n) is 1.79. The Morgan fingerprint density at radius 2 is 2.08 bits per heavy atom. The van der Waals surface area contributed by atoms with E-state index in [9.17, 15) is 5.11 Å². The Labute approximate surface area is 78.5 Å². The molecule has 1 unspecified atom stereocenters. The molecule has 1 N–H and O–H groups in total. The summed E-state index contributed by atoms with van der Waals surface area (Å²) in [5.74, 6) is 0.277. The van der Waals surface area contributed by atoms with Gasteiger partial charge in [0, 0.05) is 5.56 Å². The summed E-state index contributed by atoms with van der Waals surface area (Å²) in [6.07, 6.45) is 3.32. The molecular weight excluding hydrogens is 164 g/mol. The Morgan fingerprint density at radius 1 is 1.38 bits per heavy atom. The molecule has 0 heterocycles. The lowest BCUT2D eigenvalue weighted by molar-refractivity contribution is 0.160. The van der Waals surface area contributed by atoms with Crippen LogP contribution >= 0.6 is 0 Å². The van der Waals surface area contributed by atoms with E-state index in [0.717, 1.165) is 5.56 Å². The van der Waals surface area contributed by atoms with E-state index < -0.39 is 0 Å². The van der Waals surface area contributed by atoms with Crippen molar-refractivity contribution in [1.82, 2.24) is 0 Å². The molecule has 1 atom stereocenters. The van der Waals surface area contributed by atoms with Crippen molar-refractivity contribution in [2.24, 2.45) is 0 Å². The highest BCUT2D eigenvalue weighted by Crippen LogP contribution is 2.25. The zero-order valence-corrected chi connectivity index (χ0v) is 7.90. The molecule has 1 rings (SSSR count). The lowest BCUT2D eigenvalue weighted by Crippen LogP contribution is -1.94. The standard InChI is InChI=1S/C11H14O2/c1-3-8-13-9(2)10-6-4-5-7-11(10)12/h3-9,12H,1-2H3/b8-3+. The van der Waals surface area contributed by atoms with E-state index in [2.05, 4.69) is 0 Å². The maximum Gasteiger partial charge on any atom is 0.124 e. The lowest BCUT2D eigenvalue weighted by Gasteiger charge is -2.12. The van der Waals surface area contributed by atoms with Crippen molar-refractivity contribution in [3.63, 3.8) is 0 Å². The average Bonchev–Trinajstić information content (AvgIpc) is 2.15. The maximum absolute atomic E-state index is 9.48. The summed E-state index contributed by atoms with van der Waals surface area (Å²) in [5, 5.41) is 9.48. The van der Waals surface area contributed by atoms with Crippen LogP contribution in [0.5, 0.6) is 5.75 Å². The second kappa shape index (κ2) is 4.55. The minimum Gasteiger partial charge on any atom is -0.508 e. The number of para-hydroxylation sites is 1. The van der Waals surface area contributed by atoms with Crippen molar-refractivity contribution >= 4 is 0 Å². The van der Waals surface area contributed by atoms with Crippen LogP contribution in [0.2, 0.25) is 0 Å². The van der Waals surface area contributed by atoms with Gasteiger partial charge in [0.15, 0.2) is 0 Å². The zero-order valence-electron chi connectivity index (χ0n) is 7.90. The Morgan fingerprint density at radius 3 is 2.69 bits per heavy atom. The summed E-state index contributed by atoms with van der Waals surface area (Å²) < 4.78 is 5.32.